The molecule has 3 aromatic rings. The monoisotopic (exact) mass is 533 g/mol. The van der Waals surface area contributed by atoms with E-state index in [1.807, 2.05) is 35.2 Å². The topological polar surface area (TPSA) is 101 Å². The average Bonchev–Trinajstić information content (AvgIpc) is 2.90. The van der Waals surface area contributed by atoms with Gasteiger partial charge in [-0.25, -0.2) is 9.97 Å². The quantitative estimate of drug-likeness (QED) is 0.260. The molecule has 3 N–H and O–H groups in total. The normalized spacial score (nSPS) is 16.1. The SMILES string of the molecule is C=CCCCC(=O)Nc1ccc(-c2ccc3c(c2)CC(C)C(CC)N3C(C)=O)cc1.Nc1ncc(Cl)cn1. The van der Waals surface area contributed by atoms with E-state index in [4.69, 9.17) is 17.3 Å². The van der Waals surface area contributed by atoms with Crippen LogP contribution in [0.1, 0.15) is 52.0 Å². The minimum absolute atomic E-state index is 0.0298. The summed E-state index contributed by atoms with van der Waals surface area (Å²) in [5, 5.41) is 3.45. The number of nitrogen functional groups attached to an aromatic ring is 1. The zero-order valence-corrected chi connectivity index (χ0v) is 23.0. The zero-order chi connectivity index (χ0) is 27.7. The van der Waals surface area contributed by atoms with Gasteiger partial charge in [0.05, 0.1) is 17.4 Å². The molecule has 2 unspecified atom stereocenters. The van der Waals surface area contributed by atoms with Crippen molar-refractivity contribution in [2.75, 3.05) is 16.0 Å². The molecule has 0 aliphatic carbocycles. The fraction of sp³-hybridized carbons (Fsp3) is 0.333. The molecule has 7 nitrogen and oxygen atoms in total. The molecule has 1 aliphatic heterocycles. The molecule has 0 spiro atoms. The first kappa shape index (κ1) is 28.9. The number of aromatic nitrogens is 2. The van der Waals surface area contributed by atoms with E-state index in [-0.39, 0.29) is 23.8 Å². The van der Waals surface area contributed by atoms with Crippen LogP contribution in [0.2, 0.25) is 5.02 Å². The van der Waals surface area contributed by atoms with Crippen LogP contribution in [0, 0.1) is 5.92 Å². The highest BCUT2D eigenvalue weighted by Gasteiger charge is 2.33. The predicted octanol–water partition coefficient (Wildman–Crippen LogP) is 6.68. The van der Waals surface area contributed by atoms with Gasteiger partial charge in [-0.15, -0.1) is 6.58 Å². The lowest BCUT2D eigenvalue weighted by molar-refractivity contribution is -0.117. The molecule has 2 aromatic carbocycles. The third-order valence-electron chi connectivity index (χ3n) is 6.58. The Morgan fingerprint density at radius 2 is 1.82 bits per heavy atom. The first-order valence-corrected chi connectivity index (χ1v) is 13.3. The third-order valence-corrected chi connectivity index (χ3v) is 6.78. The van der Waals surface area contributed by atoms with Gasteiger partial charge in [-0.2, -0.15) is 0 Å². The van der Waals surface area contributed by atoms with Gasteiger partial charge in [-0.05, 0) is 72.6 Å². The lowest BCUT2D eigenvalue weighted by Gasteiger charge is -2.40. The maximum absolute atomic E-state index is 12.3. The van der Waals surface area contributed by atoms with Crippen LogP contribution < -0.4 is 16.0 Å². The molecule has 0 fully saturated rings. The molecule has 1 aromatic heterocycles. The first-order valence-electron chi connectivity index (χ1n) is 12.9. The number of nitrogens with two attached hydrogens (primary N) is 1. The molecule has 0 saturated carbocycles. The van der Waals surface area contributed by atoms with Crippen molar-refractivity contribution in [1.29, 1.82) is 0 Å². The Morgan fingerprint density at radius 3 is 2.39 bits per heavy atom. The molecule has 0 radical (unpaired) electrons. The van der Waals surface area contributed by atoms with Gasteiger partial charge in [0.1, 0.15) is 0 Å². The Balaban J connectivity index is 0.000000427. The number of rotatable bonds is 7. The minimum atomic E-state index is 0.0298. The number of amides is 2. The predicted molar refractivity (Wildman–Crippen MR) is 156 cm³/mol. The number of halogens is 1. The summed E-state index contributed by atoms with van der Waals surface area (Å²) in [6, 6.07) is 14.6. The highest BCUT2D eigenvalue weighted by atomic mass is 35.5. The van der Waals surface area contributed by atoms with Crippen LogP contribution in [-0.2, 0) is 16.0 Å². The first-order chi connectivity index (χ1) is 18.2. The second-order valence-electron chi connectivity index (χ2n) is 9.46. The highest BCUT2D eigenvalue weighted by Crippen LogP contribution is 2.37. The van der Waals surface area contributed by atoms with Gasteiger partial charge < -0.3 is 16.0 Å². The number of anilines is 3. The van der Waals surface area contributed by atoms with Crippen LogP contribution in [0.25, 0.3) is 11.1 Å². The second kappa shape index (κ2) is 13.7. The van der Waals surface area contributed by atoms with Crippen LogP contribution >= 0.6 is 11.6 Å². The number of hydrogen-bond acceptors (Lipinski definition) is 5. The average molecular weight is 534 g/mol. The Labute approximate surface area is 230 Å². The Morgan fingerprint density at radius 1 is 1.16 bits per heavy atom. The summed E-state index contributed by atoms with van der Waals surface area (Å²) in [7, 11) is 0. The van der Waals surface area contributed by atoms with Gasteiger partial charge in [0, 0.05) is 30.8 Å². The molecule has 2 amide bonds. The van der Waals surface area contributed by atoms with Crippen LogP contribution in [0.5, 0.6) is 0 Å². The van der Waals surface area contributed by atoms with Crippen LogP contribution in [-0.4, -0.2) is 27.8 Å². The maximum Gasteiger partial charge on any atom is 0.224 e. The molecule has 2 heterocycles. The van der Waals surface area contributed by atoms with Crippen molar-refractivity contribution >= 4 is 40.7 Å². The molecule has 4 rings (SSSR count). The van der Waals surface area contributed by atoms with Crippen molar-refractivity contribution in [3.63, 3.8) is 0 Å². The number of carbonyl (C=O) groups is 2. The zero-order valence-electron chi connectivity index (χ0n) is 22.3. The number of fused-ring (bicyclic) bond motifs is 1. The molecule has 200 valence electrons. The van der Waals surface area contributed by atoms with Gasteiger partial charge >= 0.3 is 0 Å². The summed E-state index contributed by atoms with van der Waals surface area (Å²) in [4.78, 5) is 33.5. The van der Waals surface area contributed by atoms with Crippen molar-refractivity contribution < 1.29 is 9.59 Å². The third kappa shape index (κ3) is 7.65. The van der Waals surface area contributed by atoms with Crippen molar-refractivity contribution in [1.82, 2.24) is 9.97 Å². The van der Waals surface area contributed by atoms with E-state index < -0.39 is 0 Å². The number of nitrogens with one attached hydrogen (secondary N) is 1. The number of nitrogens with zero attached hydrogens (tertiary/aromatic N) is 3. The molecular formula is C30H36ClN5O2. The molecule has 38 heavy (non-hydrogen) atoms. The Kier molecular flexibility index (Phi) is 10.4. The van der Waals surface area contributed by atoms with Crippen molar-refractivity contribution in [3.8, 4) is 11.1 Å². The number of benzene rings is 2. The summed E-state index contributed by atoms with van der Waals surface area (Å²) in [6.07, 6.45) is 8.84. The van der Waals surface area contributed by atoms with E-state index in [1.165, 1.54) is 18.0 Å². The van der Waals surface area contributed by atoms with E-state index in [9.17, 15) is 9.59 Å². The summed E-state index contributed by atoms with van der Waals surface area (Å²) in [6.45, 7) is 9.71. The molecule has 0 bridgehead atoms. The number of hydrogen-bond donors (Lipinski definition) is 2. The number of allylic oxidation sites excluding steroid dienone is 1. The summed E-state index contributed by atoms with van der Waals surface area (Å²) < 4.78 is 0. The van der Waals surface area contributed by atoms with E-state index in [0.29, 0.717) is 17.4 Å². The standard InChI is InChI=1S/C26H32N2O2.C4H4ClN3/c1-5-7-8-9-26(30)27-23-13-10-20(11-14-23)21-12-15-25-22(17-21)16-18(3)24(6-2)28(25)19(4)29;5-3-1-7-4(6)8-2-3/h5,10-15,17-18,24H,1,6-9,16H2,2-4H3,(H,27,30);1-2H,(H2,6,7,8). The summed E-state index contributed by atoms with van der Waals surface area (Å²) >= 11 is 5.43. The van der Waals surface area contributed by atoms with Gasteiger partial charge in [0.15, 0.2) is 0 Å². The molecule has 8 heteroatoms. The fourth-order valence-corrected chi connectivity index (χ4v) is 4.86. The smallest absolute Gasteiger partial charge is 0.224 e. The van der Waals surface area contributed by atoms with Gasteiger partial charge in [0.2, 0.25) is 17.8 Å². The molecule has 0 saturated heterocycles. The van der Waals surface area contributed by atoms with Gasteiger partial charge in [0.25, 0.3) is 0 Å². The van der Waals surface area contributed by atoms with E-state index >= 15 is 0 Å². The maximum atomic E-state index is 12.3. The molecule has 1 aliphatic rings. The Hall–Kier alpha value is -3.71. The van der Waals surface area contributed by atoms with Crippen LogP contribution in [0.15, 0.2) is 67.5 Å². The van der Waals surface area contributed by atoms with Crippen molar-refractivity contribution in [2.45, 2.75) is 58.9 Å². The van der Waals surface area contributed by atoms with Crippen molar-refractivity contribution in [3.05, 3.63) is 78.1 Å². The lowest BCUT2D eigenvalue weighted by Crippen LogP contribution is -2.46. The summed E-state index contributed by atoms with van der Waals surface area (Å²) in [5.41, 5.74) is 10.4. The number of carbonyl (C=O) groups excluding carboxylic acids is 2. The molecular weight excluding hydrogens is 498 g/mol. The van der Waals surface area contributed by atoms with Crippen LogP contribution in [0.4, 0.5) is 17.3 Å². The van der Waals surface area contributed by atoms with E-state index in [2.05, 4.69) is 53.9 Å². The minimum Gasteiger partial charge on any atom is -0.368 e. The largest absolute Gasteiger partial charge is 0.368 e. The van der Waals surface area contributed by atoms with Gasteiger partial charge in [-0.3, -0.25) is 9.59 Å². The number of unbranched alkanes of at least 4 members (excludes halogenated alkanes) is 1. The Bertz CT molecular complexity index is 1220. The van der Waals surface area contributed by atoms with E-state index in [0.717, 1.165) is 48.2 Å². The summed E-state index contributed by atoms with van der Waals surface area (Å²) in [5.74, 6) is 0.812. The van der Waals surface area contributed by atoms with E-state index in [1.54, 1.807) is 6.92 Å². The molecule has 2 atom stereocenters. The van der Waals surface area contributed by atoms with Crippen LogP contribution in [0.3, 0.4) is 0 Å². The highest BCUT2D eigenvalue weighted by molar-refractivity contribution is 6.30. The van der Waals surface area contributed by atoms with Crippen molar-refractivity contribution in [2.24, 2.45) is 5.92 Å². The van der Waals surface area contributed by atoms with Gasteiger partial charge in [-0.1, -0.05) is 49.7 Å². The lowest BCUT2D eigenvalue weighted by atomic mass is 9.84. The fourth-order valence-electron chi connectivity index (χ4n) is 4.77. The second-order valence-corrected chi connectivity index (χ2v) is 9.89.